The lowest BCUT2D eigenvalue weighted by molar-refractivity contribution is 0.313. The Kier molecular flexibility index (Phi) is 6.28. The van der Waals surface area contributed by atoms with Crippen LogP contribution in [0.1, 0.15) is 40.5 Å². The van der Waals surface area contributed by atoms with Gasteiger partial charge in [-0.15, -0.1) is 0 Å². The lowest BCUT2D eigenvalue weighted by atomic mass is 10.00. The summed E-state index contributed by atoms with van der Waals surface area (Å²) in [6.45, 7) is 8.60. The van der Waals surface area contributed by atoms with Crippen LogP contribution in [0.2, 0.25) is 0 Å². The normalized spacial score (nSPS) is 19.0. The molecular formula is C10H23N3O. The first kappa shape index (κ1) is 13.2. The summed E-state index contributed by atoms with van der Waals surface area (Å²) in [5, 5.41) is 14.8. The average Bonchev–Trinajstić information content (AvgIpc) is 2.15. The third kappa shape index (κ3) is 5.07. The van der Waals surface area contributed by atoms with Crippen LogP contribution in [-0.2, 0) is 0 Å². The van der Waals surface area contributed by atoms with E-state index in [2.05, 4.69) is 31.2 Å². The Morgan fingerprint density at radius 2 is 2.00 bits per heavy atom. The molecule has 0 aromatic heterocycles. The molecule has 0 aliphatic heterocycles. The fourth-order valence-electron chi connectivity index (χ4n) is 1.38. The van der Waals surface area contributed by atoms with Crippen LogP contribution in [-0.4, -0.2) is 23.1 Å². The minimum atomic E-state index is 0.245. The summed E-state index contributed by atoms with van der Waals surface area (Å²) in [5.41, 5.74) is 5.42. The van der Waals surface area contributed by atoms with E-state index >= 15 is 0 Å². The van der Waals surface area contributed by atoms with Crippen molar-refractivity contribution in [3.05, 3.63) is 0 Å². The summed E-state index contributed by atoms with van der Waals surface area (Å²) >= 11 is 0. The summed E-state index contributed by atoms with van der Waals surface area (Å²) in [7, 11) is 0. The van der Waals surface area contributed by atoms with Gasteiger partial charge in [0, 0.05) is 18.5 Å². The molecule has 0 amide bonds. The van der Waals surface area contributed by atoms with Crippen molar-refractivity contribution >= 4 is 5.84 Å². The highest BCUT2D eigenvalue weighted by atomic mass is 16.4. The molecule has 0 spiro atoms. The maximum atomic E-state index is 8.41. The Labute approximate surface area is 86.6 Å². The van der Waals surface area contributed by atoms with Crippen molar-refractivity contribution in [2.75, 3.05) is 0 Å². The molecule has 0 bridgehead atoms. The molecule has 4 N–H and O–H groups in total. The molecule has 0 aliphatic rings. The van der Waals surface area contributed by atoms with E-state index in [1.54, 1.807) is 0 Å². The Bertz CT molecular complexity index is 182. The highest BCUT2D eigenvalue weighted by Gasteiger charge is 2.13. The van der Waals surface area contributed by atoms with E-state index in [0.29, 0.717) is 18.4 Å². The third-order valence-corrected chi connectivity index (χ3v) is 2.69. The molecule has 0 fully saturated rings. The number of nitrogens with two attached hydrogens (primary N) is 1. The second-order valence-electron chi connectivity index (χ2n) is 4.04. The number of oxime groups is 1. The minimum Gasteiger partial charge on any atom is -0.409 e. The van der Waals surface area contributed by atoms with Gasteiger partial charge in [-0.1, -0.05) is 25.4 Å². The number of amidine groups is 1. The SMILES string of the molecule is CCC(C)C(C)NC(C)CC(N)=NO. The van der Waals surface area contributed by atoms with Gasteiger partial charge < -0.3 is 16.3 Å². The molecule has 0 saturated carbocycles. The van der Waals surface area contributed by atoms with Crippen LogP contribution in [0, 0.1) is 5.92 Å². The first-order valence-electron chi connectivity index (χ1n) is 5.23. The van der Waals surface area contributed by atoms with Crippen molar-refractivity contribution in [1.29, 1.82) is 0 Å². The van der Waals surface area contributed by atoms with Crippen LogP contribution in [0.5, 0.6) is 0 Å². The molecule has 4 nitrogen and oxygen atoms in total. The number of nitrogens with zero attached hydrogens (tertiary/aromatic N) is 1. The molecule has 0 saturated heterocycles. The smallest absolute Gasteiger partial charge is 0.140 e. The van der Waals surface area contributed by atoms with Crippen LogP contribution in [0.25, 0.3) is 0 Å². The third-order valence-electron chi connectivity index (χ3n) is 2.69. The number of rotatable bonds is 6. The largest absolute Gasteiger partial charge is 0.409 e. The van der Waals surface area contributed by atoms with Crippen molar-refractivity contribution in [3.8, 4) is 0 Å². The maximum Gasteiger partial charge on any atom is 0.140 e. The molecule has 4 heteroatoms. The van der Waals surface area contributed by atoms with E-state index in [1.807, 2.05) is 6.92 Å². The molecule has 3 unspecified atom stereocenters. The Balaban J connectivity index is 3.87. The molecule has 0 radical (unpaired) electrons. The first-order chi connectivity index (χ1) is 6.51. The zero-order chi connectivity index (χ0) is 11.1. The lowest BCUT2D eigenvalue weighted by Crippen LogP contribution is -2.40. The standard InChI is InChI=1S/C10H23N3O/c1-5-7(2)9(4)12-8(3)6-10(11)13-14/h7-9,12,14H,5-6H2,1-4H3,(H2,11,13). The molecule has 0 aliphatic carbocycles. The van der Waals surface area contributed by atoms with Gasteiger partial charge in [0.15, 0.2) is 0 Å². The van der Waals surface area contributed by atoms with Gasteiger partial charge >= 0.3 is 0 Å². The number of hydrogen-bond donors (Lipinski definition) is 3. The van der Waals surface area contributed by atoms with Crippen molar-refractivity contribution in [1.82, 2.24) is 5.32 Å². The van der Waals surface area contributed by atoms with E-state index < -0.39 is 0 Å². The fraction of sp³-hybridized carbons (Fsp3) is 0.900. The Morgan fingerprint density at radius 1 is 1.43 bits per heavy atom. The predicted molar refractivity (Wildman–Crippen MR) is 59.5 cm³/mol. The van der Waals surface area contributed by atoms with Gasteiger partial charge in [0.2, 0.25) is 0 Å². The molecule has 0 rings (SSSR count). The van der Waals surface area contributed by atoms with E-state index in [1.165, 1.54) is 0 Å². The second-order valence-corrected chi connectivity index (χ2v) is 4.04. The van der Waals surface area contributed by atoms with Crippen molar-refractivity contribution in [3.63, 3.8) is 0 Å². The van der Waals surface area contributed by atoms with Crippen LogP contribution >= 0.6 is 0 Å². The van der Waals surface area contributed by atoms with Gasteiger partial charge in [-0.2, -0.15) is 0 Å². The van der Waals surface area contributed by atoms with Gasteiger partial charge in [0.1, 0.15) is 5.84 Å². The summed E-state index contributed by atoms with van der Waals surface area (Å²) in [5.74, 6) is 0.922. The monoisotopic (exact) mass is 201 g/mol. The average molecular weight is 201 g/mol. The molecule has 0 heterocycles. The van der Waals surface area contributed by atoms with Crippen LogP contribution in [0.4, 0.5) is 0 Å². The highest BCUT2D eigenvalue weighted by molar-refractivity contribution is 5.80. The lowest BCUT2D eigenvalue weighted by Gasteiger charge is -2.24. The summed E-state index contributed by atoms with van der Waals surface area (Å²) < 4.78 is 0. The topological polar surface area (TPSA) is 70.6 Å². The first-order valence-corrected chi connectivity index (χ1v) is 5.23. The zero-order valence-electron chi connectivity index (χ0n) is 9.62. The Hall–Kier alpha value is -0.770. The minimum absolute atomic E-state index is 0.245. The van der Waals surface area contributed by atoms with Crippen LogP contribution < -0.4 is 11.1 Å². The summed E-state index contributed by atoms with van der Waals surface area (Å²) in [4.78, 5) is 0. The summed E-state index contributed by atoms with van der Waals surface area (Å²) in [6.07, 6.45) is 1.74. The number of nitrogens with one attached hydrogen (secondary N) is 1. The molecule has 14 heavy (non-hydrogen) atoms. The van der Waals surface area contributed by atoms with E-state index in [0.717, 1.165) is 6.42 Å². The van der Waals surface area contributed by atoms with Crippen molar-refractivity contribution in [2.24, 2.45) is 16.8 Å². The molecule has 0 aromatic rings. The molecule has 3 atom stereocenters. The molecule has 0 aromatic carbocycles. The highest BCUT2D eigenvalue weighted by Crippen LogP contribution is 2.08. The van der Waals surface area contributed by atoms with Gasteiger partial charge in [-0.3, -0.25) is 0 Å². The fourth-order valence-corrected chi connectivity index (χ4v) is 1.38. The Morgan fingerprint density at radius 3 is 2.43 bits per heavy atom. The predicted octanol–water partition coefficient (Wildman–Crippen LogP) is 1.54. The number of hydrogen-bond acceptors (Lipinski definition) is 3. The van der Waals surface area contributed by atoms with E-state index in [-0.39, 0.29) is 11.9 Å². The van der Waals surface area contributed by atoms with Crippen molar-refractivity contribution < 1.29 is 5.21 Å². The van der Waals surface area contributed by atoms with Gasteiger partial charge in [-0.05, 0) is 19.8 Å². The quantitative estimate of drug-likeness (QED) is 0.264. The summed E-state index contributed by atoms with van der Waals surface area (Å²) in [6, 6.07) is 0.705. The van der Waals surface area contributed by atoms with Crippen LogP contribution in [0.3, 0.4) is 0 Å². The van der Waals surface area contributed by atoms with Gasteiger partial charge in [0.05, 0.1) is 0 Å². The second kappa shape index (κ2) is 6.65. The van der Waals surface area contributed by atoms with Gasteiger partial charge in [0.25, 0.3) is 0 Å². The zero-order valence-corrected chi connectivity index (χ0v) is 9.62. The van der Waals surface area contributed by atoms with E-state index in [4.69, 9.17) is 10.9 Å². The maximum absolute atomic E-state index is 8.41. The van der Waals surface area contributed by atoms with Crippen LogP contribution in [0.15, 0.2) is 5.16 Å². The molecule has 84 valence electrons. The van der Waals surface area contributed by atoms with Gasteiger partial charge in [-0.25, -0.2) is 0 Å². The van der Waals surface area contributed by atoms with Crippen molar-refractivity contribution in [2.45, 2.75) is 52.6 Å². The molecular weight excluding hydrogens is 178 g/mol. The van der Waals surface area contributed by atoms with E-state index in [9.17, 15) is 0 Å².